The van der Waals surface area contributed by atoms with Gasteiger partial charge in [0.1, 0.15) is 5.75 Å². The molecule has 2 rings (SSSR count). The van der Waals surface area contributed by atoms with Crippen molar-refractivity contribution in [3.05, 3.63) is 60.2 Å². The van der Waals surface area contributed by atoms with E-state index in [9.17, 15) is 8.42 Å². The molecule has 20 heavy (non-hydrogen) atoms. The van der Waals surface area contributed by atoms with Gasteiger partial charge < -0.3 is 4.74 Å². The Morgan fingerprint density at radius 1 is 1.00 bits per heavy atom. The second-order valence-corrected chi connectivity index (χ2v) is 6.14. The lowest BCUT2D eigenvalue weighted by Gasteiger charge is -2.14. The van der Waals surface area contributed by atoms with Gasteiger partial charge in [0.25, 0.3) is 0 Å². The monoisotopic (exact) mass is 291 g/mol. The smallest absolute Gasteiger partial charge is 0.241 e. The van der Waals surface area contributed by atoms with E-state index in [1.54, 1.807) is 19.2 Å². The van der Waals surface area contributed by atoms with E-state index in [0.29, 0.717) is 5.75 Å². The van der Waals surface area contributed by atoms with Crippen molar-refractivity contribution < 1.29 is 13.2 Å². The molecule has 1 atom stereocenters. The Balaban J connectivity index is 2.18. The van der Waals surface area contributed by atoms with Crippen molar-refractivity contribution in [1.29, 1.82) is 0 Å². The van der Waals surface area contributed by atoms with Gasteiger partial charge in [0.15, 0.2) is 0 Å². The first-order chi connectivity index (χ1) is 9.53. The van der Waals surface area contributed by atoms with E-state index in [1.807, 2.05) is 37.3 Å². The summed E-state index contributed by atoms with van der Waals surface area (Å²) in [5, 5.41) is 0. The molecule has 0 aliphatic carbocycles. The molecule has 0 radical (unpaired) electrons. The third-order valence-electron chi connectivity index (χ3n) is 3.00. The summed E-state index contributed by atoms with van der Waals surface area (Å²) in [5.74, 6) is 0.625. The highest BCUT2D eigenvalue weighted by molar-refractivity contribution is 7.89. The van der Waals surface area contributed by atoms with Gasteiger partial charge in [-0.1, -0.05) is 30.3 Å². The Kier molecular flexibility index (Phi) is 4.42. The van der Waals surface area contributed by atoms with Crippen molar-refractivity contribution >= 4 is 10.0 Å². The van der Waals surface area contributed by atoms with Gasteiger partial charge in [0.2, 0.25) is 10.0 Å². The van der Waals surface area contributed by atoms with E-state index in [1.165, 1.54) is 12.1 Å². The van der Waals surface area contributed by atoms with Gasteiger partial charge in [0.05, 0.1) is 12.0 Å². The largest absolute Gasteiger partial charge is 0.497 e. The summed E-state index contributed by atoms with van der Waals surface area (Å²) in [6, 6.07) is 15.5. The average Bonchev–Trinajstić information content (AvgIpc) is 2.48. The molecule has 0 bridgehead atoms. The highest BCUT2D eigenvalue weighted by Crippen LogP contribution is 2.19. The molecular weight excluding hydrogens is 274 g/mol. The van der Waals surface area contributed by atoms with Crippen LogP contribution in [0.4, 0.5) is 0 Å². The summed E-state index contributed by atoms with van der Waals surface area (Å²) in [4.78, 5) is 0.223. The molecule has 0 aliphatic rings. The van der Waals surface area contributed by atoms with E-state index in [2.05, 4.69) is 4.72 Å². The van der Waals surface area contributed by atoms with Crippen LogP contribution in [-0.2, 0) is 10.0 Å². The quantitative estimate of drug-likeness (QED) is 0.921. The van der Waals surface area contributed by atoms with Gasteiger partial charge in [0, 0.05) is 6.04 Å². The van der Waals surface area contributed by atoms with Crippen LogP contribution in [0.3, 0.4) is 0 Å². The van der Waals surface area contributed by atoms with Gasteiger partial charge in [-0.3, -0.25) is 0 Å². The zero-order chi connectivity index (χ0) is 14.6. The molecule has 2 aromatic rings. The van der Waals surface area contributed by atoms with Crippen molar-refractivity contribution in [3.63, 3.8) is 0 Å². The summed E-state index contributed by atoms with van der Waals surface area (Å²) >= 11 is 0. The zero-order valence-corrected chi connectivity index (χ0v) is 12.2. The Labute approximate surface area is 119 Å². The fourth-order valence-corrected chi connectivity index (χ4v) is 3.10. The second-order valence-electron chi connectivity index (χ2n) is 4.43. The van der Waals surface area contributed by atoms with Crippen molar-refractivity contribution in [3.8, 4) is 5.75 Å². The SMILES string of the molecule is COc1ccc(S(=O)(=O)NC(C)c2ccccc2)cc1. The zero-order valence-electron chi connectivity index (χ0n) is 11.4. The highest BCUT2D eigenvalue weighted by Gasteiger charge is 2.18. The Morgan fingerprint density at radius 2 is 1.60 bits per heavy atom. The molecular formula is C15H17NO3S. The molecule has 1 N–H and O–H groups in total. The molecule has 0 saturated heterocycles. The molecule has 1 unspecified atom stereocenters. The summed E-state index contributed by atoms with van der Waals surface area (Å²) in [7, 11) is -2.00. The molecule has 0 fully saturated rings. The predicted octanol–water partition coefficient (Wildman–Crippen LogP) is 2.73. The molecule has 0 aromatic heterocycles. The summed E-state index contributed by atoms with van der Waals surface area (Å²) in [5.41, 5.74) is 0.921. The first-order valence-electron chi connectivity index (χ1n) is 6.24. The van der Waals surface area contributed by atoms with Gasteiger partial charge in [-0.15, -0.1) is 0 Å². The minimum Gasteiger partial charge on any atom is -0.497 e. The van der Waals surface area contributed by atoms with Crippen LogP contribution in [0, 0.1) is 0 Å². The van der Waals surface area contributed by atoms with E-state index in [4.69, 9.17) is 4.74 Å². The van der Waals surface area contributed by atoms with Gasteiger partial charge in [-0.25, -0.2) is 13.1 Å². The highest BCUT2D eigenvalue weighted by atomic mass is 32.2. The lowest BCUT2D eigenvalue weighted by molar-refractivity contribution is 0.414. The maximum atomic E-state index is 12.3. The predicted molar refractivity (Wildman–Crippen MR) is 78.2 cm³/mol. The van der Waals surface area contributed by atoms with Crippen molar-refractivity contribution in [2.75, 3.05) is 7.11 Å². The van der Waals surface area contributed by atoms with Crippen molar-refractivity contribution in [1.82, 2.24) is 4.72 Å². The van der Waals surface area contributed by atoms with Gasteiger partial charge in [-0.2, -0.15) is 0 Å². The first-order valence-corrected chi connectivity index (χ1v) is 7.72. The Bertz CT molecular complexity index is 651. The van der Waals surface area contributed by atoms with Crippen molar-refractivity contribution in [2.24, 2.45) is 0 Å². The number of hydrogen-bond acceptors (Lipinski definition) is 3. The lowest BCUT2D eigenvalue weighted by atomic mass is 10.1. The summed E-state index contributed by atoms with van der Waals surface area (Å²) < 4.78 is 32.2. The fraction of sp³-hybridized carbons (Fsp3) is 0.200. The van der Waals surface area contributed by atoms with Crippen LogP contribution < -0.4 is 9.46 Å². The molecule has 0 saturated carbocycles. The summed E-state index contributed by atoms with van der Waals surface area (Å²) in [6.07, 6.45) is 0. The minimum atomic E-state index is -3.54. The number of ether oxygens (including phenoxy) is 1. The topological polar surface area (TPSA) is 55.4 Å². The van der Waals surface area contributed by atoms with Crippen LogP contribution in [0.5, 0.6) is 5.75 Å². The third-order valence-corrected chi connectivity index (χ3v) is 4.56. The first kappa shape index (κ1) is 14.6. The number of methoxy groups -OCH3 is 1. The van der Waals surface area contributed by atoms with Crippen LogP contribution in [-0.4, -0.2) is 15.5 Å². The van der Waals surface area contributed by atoms with Crippen LogP contribution in [0.25, 0.3) is 0 Å². The number of rotatable bonds is 5. The minimum absolute atomic E-state index is 0.223. The van der Waals surface area contributed by atoms with E-state index < -0.39 is 10.0 Å². The van der Waals surface area contributed by atoms with Gasteiger partial charge >= 0.3 is 0 Å². The van der Waals surface area contributed by atoms with E-state index >= 15 is 0 Å². The molecule has 0 amide bonds. The Morgan fingerprint density at radius 3 is 2.15 bits per heavy atom. The second kappa shape index (κ2) is 6.07. The average molecular weight is 291 g/mol. The lowest BCUT2D eigenvalue weighted by Crippen LogP contribution is -2.26. The Hall–Kier alpha value is -1.85. The molecule has 2 aromatic carbocycles. The van der Waals surface area contributed by atoms with Crippen LogP contribution in [0.2, 0.25) is 0 Å². The molecule has 0 spiro atoms. The molecule has 0 aliphatic heterocycles. The van der Waals surface area contributed by atoms with Gasteiger partial charge in [-0.05, 0) is 36.8 Å². The number of hydrogen-bond donors (Lipinski definition) is 1. The van der Waals surface area contributed by atoms with Crippen molar-refractivity contribution in [2.45, 2.75) is 17.9 Å². The third kappa shape index (κ3) is 3.37. The number of sulfonamides is 1. The number of nitrogens with one attached hydrogen (secondary N) is 1. The standard InChI is InChI=1S/C15H17NO3S/c1-12(13-6-4-3-5-7-13)16-20(17,18)15-10-8-14(19-2)9-11-15/h3-12,16H,1-2H3. The molecule has 0 heterocycles. The fourth-order valence-electron chi connectivity index (χ4n) is 1.87. The van der Waals surface area contributed by atoms with E-state index in [0.717, 1.165) is 5.56 Å². The normalized spacial score (nSPS) is 12.9. The number of benzene rings is 2. The molecule has 5 heteroatoms. The molecule has 4 nitrogen and oxygen atoms in total. The maximum absolute atomic E-state index is 12.3. The van der Waals surface area contributed by atoms with E-state index in [-0.39, 0.29) is 10.9 Å². The van der Waals surface area contributed by atoms with Crippen LogP contribution >= 0.6 is 0 Å². The summed E-state index contributed by atoms with van der Waals surface area (Å²) in [6.45, 7) is 1.82. The van der Waals surface area contributed by atoms with Crippen LogP contribution in [0.1, 0.15) is 18.5 Å². The maximum Gasteiger partial charge on any atom is 0.241 e. The molecule has 106 valence electrons. The van der Waals surface area contributed by atoms with Crippen LogP contribution in [0.15, 0.2) is 59.5 Å².